The van der Waals surface area contributed by atoms with Crippen molar-refractivity contribution in [2.45, 2.75) is 6.42 Å². The van der Waals surface area contributed by atoms with E-state index in [2.05, 4.69) is 12.2 Å². The Balaban J connectivity index is 3.28. The van der Waals surface area contributed by atoms with E-state index in [0.29, 0.717) is 6.54 Å². The summed E-state index contributed by atoms with van der Waals surface area (Å²) in [5.74, 6) is 0. The Morgan fingerprint density at radius 3 is 2.56 bits per heavy atom. The van der Waals surface area contributed by atoms with Crippen LogP contribution in [0, 0.1) is 6.92 Å². The summed E-state index contributed by atoms with van der Waals surface area (Å²) < 4.78 is 0. The smallest absolute Gasteiger partial charge is 0.316 e. The average Bonchev–Trinajstić information content (AvgIpc) is 1.82. The highest BCUT2D eigenvalue weighted by atomic mass is 16.2. The fraction of sp³-hybridized carbons (Fsp3) is 0.667. The van der Waals surface area contributed by atoms with E-state index in [1.165, 1.54) is 4.90 Å². The molecule has 2 amide bonds. The van der Waals surface area contributed by atoms with Gasteiger partial charge >= 0.3 is 6.03 Å². The SMILES string of the molecule is [CH2]CCNC(=O)N(C)C. The second kappa shape index (κ2) is 4.18. The molecule has 0 unspecified atom stereocenters. The lowest BCUT2D eigenvalue weighted by Gasteiger charge is -2.10. The van der Waals surface area contributed by atoms with Crippen LogP contribution in [0.2, 0.25) is 0 Å². The van der Waals surface area contributed by atoms with Crippen molar-refractivity contribution >= 4 is 6.03 Å². The van der Waals surface area contributed by atoms with Gasteiger partial charge in [-0.2, -0.15) is 0 Å². The molecule has 1 radical (unpaired) electrons. The van der Waals surface area contributed by atoms with Crippen LogP contribution in [0.4, 0.5) is 4.79 Å². The number of carbonyl (C=O) groups is 1. The van der Waals surface area contributed by atoms with Crippen LogP contribution in [-0.2, 0) is 0 Å². The number of nitrogens with zero attached hydrogens (tertiary/aromatic N) is 1. The topological polar surface area (TPSA) is 32.3 Å². The maximum absolute atomic E-state index is 10.7. The molecule has 0 atom stereocenters. The van der Waals surface area contributed by atoms with Crippen molar-refractivity contribution < 1.29 is 4.79 Å². The average molecular weight is 129 g/mol. The highest BCUT2D eigenvalue weighted by molar-refractivity contribution is 5.73. The minimum Gasteiger partial charge on any atom is -0.338 e. The molecule has 0 aromatic rings. The van der Waals surface area contributed by atoms with E-state index in [-0.39, 0.29) is 6.03 Å². The second-order valence-electron chi connectivity index (χ2n) is 1.98. The first-order chi connectivity index (χ1) is 4.18. The third kappa shape index (κ3) is 3.82. The first kappa shape index (κ1) is 8.27. The molecule has 0 spiro atoms. The van der Waals surface area contributed by atoms with Crippen LogP contribution in [0.3, 0.4) is 0 Å². The molecule has 0 aliphatic carbocycles. The molecule has 53 valence electrons. The first-order valence-corrected chi connectivity index (χ1v) is 2.93. The summed E-state index contributed by atoms with van der Waals surface area (Å²) in [4.78, 5) is 12.2. The molecular weight excluding hydrogens is 116 g/mol. The zero-order valence-electron chi connectivity index (χ0n) is 5.98. The molecule has 0 bridgehead atoms. The largest absolute Gasteiger partial charge is 0.338 e. The van der Waals surface area contributed by atoms with Gasteiger partial charge in [0.05, 0.1) is 0 Å². The fourth-order valence-corrected chi connectivity index (χ4v) is 0.353. The van der Waals surface area contributed by atoms with Crippen molar-refractivity contribution in [2.24, 2.45) is 0 Å². The fourth-order valence-electron chi connectivity index (χ4n) is 0.353. The molecule has 0 aromatic carbocycles. The predicted molar refractivity (Wildman–Crippen MR) is 37.1 cm³/mol. The molecule has 0 fully saturated rings. The van der Waals surface area contributed by atoms with Crippen LogP contribution in [0.1, 0.15) is 6.42 Å². The van der Waals surface area contributed by atoms with Gasteiger partial charge in [0.25, 0.3) is 0 Å². The van der Waals surface area contributed by atoms with Gasteiger partial charge in [0.15, 0.2) is 0 Å². The van der Waals surface area contributed by atoms with Crippen LogP contribution in [0.25, 0.3) is 0 Å². The minimum absolute atomic E-state index is 0.0568. The Bertz CT molecular complexity index is 91.1. The van der Waals surface area contributed by atoms with Gasteiger partial charge in [0, 0.05) is 20.6 Å². The maximum atomic E-state index is 10.7. The highest BCUT2D eigenvalue weighted by Gasteiger charge is 1.98. The Kier molecular flexibility index (Phi) is 3.84. The van der Waals surface area contributed by atoms with Gasteiger partial charge in [-0.3, -0.25) is 0 Å². The molecule has 0 aliphatic rings. The predicted octanol–water partition coefficient (Wildman–Crippen LogP) is 0.482. The number of hydrogen-bond acceptors (Lipinski definition) is 1. The Labute approximate surface area is 56.0 Å². The second-order valence-corrected chi connectivity index (χ2v) is 1.98. The molecule has 3 heteroatoms. The van der Waals surface area contributed by atoms with Crippen molar-refractivity contribution in [1.29, 1.82) is 0 Å². The summed E-state index contributed by atoms with van der Waals surface area (Å²) in [5, 5.41) is 2.66. The van der Waals surface area contributed by atoms with Gasteiger partial charge in [0.2, 0.25) is 0 Å². The molecular formula is C6H13N2O. The van der Waals surface area contributed by atoms with Crippen molar-refractivity contribution in [3.05, 3.63) is 6.92 Å². The Morgan fingerprint density at radius 1 is 1.67 bits per heavy atom. The number of hydrogen-bond donors (Lipinski definition) is 1. The Morgan fingerprint density at radius 2 is 2.22 bits per heavy atom. The standard InChI is InChI=1S/C6H13N2O/c1-4-5-7-6(9)8(2)3/h1,4-5H2,2-3H3,(H,7,9). The summed E-state index contributed by atoms with van der Waals surface area (Å²) in [6.45, 7) is 4.23. The van der Waals surface area contributed by atoms with E-state index in [0.717, 1.165) is 6.42 Å². The molecule has 0 rings (SSSR count). The number of nitrogens with one attached hydrogen (secondary N) is 1. The highest BCUT2D eigenvalue weighted by Crippen LogP contribution is 1.76. The van der Waals surface area contributed by atoms with E-state index in [4.69, 9.17) is 0 Å². The van der Waals surface area contributed by atoms with Crippen molar-refractivity contribution in [2.75, 3.05) is 20.6 Å². The number of rotatable bonds is 2. The van der Waals surface area contributed by atoms with Crippen LogP contribution in [0.15, 0.2) is 0 Å². The van der Waals surface area contributed by atoms with Gasteiger partial charge in [-0.05, 0) is 6.42 Å². The number of urea groups is 1. The van der Waals surface area contributed by atoms with E-state index in [1.807, 2.05) is 0 Å². The zero-order valence-corrected chi connectivity index (χ0v) is 5.98. The molecule has 0 saturated heterocycles. The summed E-state index contributed by atoms with van der Waals surface area (Å²) in [6.07, 6.45) is 0.736. The van der Waals surface area contributed by atoms with Gasteiger partial charge in [0.1, 0.15) is 0 Å². The van der Waals surface area contributed by atoms with Crippen LogP contribution in [-0.4, -0.2) is 31.6 Å². The monoisotopic (exact) mass is 129 g/mol. The van der Waals surface area contributed by atoms with Gasteiger partial charge in [-0.1, -0.05) is 6.92 Å². The maximum Gasteiger partial charge on any atom is 0.316 e. The van der Waals surface area contributed by atoms with E-state index in [9.17, 15) is 4.79 Å². The zero-order chi connectivity index (χ0) is 7.28. The van der Waals surface area contributed by atoms with E-state index >= 15 is 0 Å². The summed E-state index contributed by atoms with van der Waals surface area (Å²) in [5.41, 5.74) is 0. The van der Waals surface area contributed by atoms with Crippen molar-refractivity contribution in [3.63, 3.8) is 0 Å². The Hall–Kier alpha value is -0.730. The van der Waals surface area contributed by atoms with Crippen LogP contribution >= 0.6 is 0 Å². The van der Waals surface area contributed by atoms with Crippen molar-refractivity contribution in [3.8, 4) is 0 Å². The molecule has 0 aromatic heterocycles. The van der Waals surface area contributed by atoms with Crippen LogP contribution < -0.4 is 5.32 Å². The lowest BCUT2D eigenvalue weighted by molar-refractivity contribution is 0.217. The third-order valence-electron chi connectivity index (χ3n) is 0.859. The number of carbonyl (C=O) groups excluding carboxylic acids is 1. The summed E-state index contributed by atoms with van der Waals surface area (Å²) in [7, 11) is 3.41. The van der Waals surface area contributed by atoms with Gasteiger partial charge in [-0.25, -0.2) is 4.79 Å². The lowest BCUT2D eigenvalue weighted by Crippen LogP contribution is -2.34. The van der Waals surface area contributed by atoms with Crippen LogP contribution in [0.5, 0.6) is 0 Å². The quantitative estimate of drug-likeness (QED) is 0.578. The lowest BCUT2D eigenvalue weighted by atomic mass is 10.5. The minimum atomic E-state index is -0.0568. The first-order valence-electron chi connectivity index (χ1n) is 2.93. The molecule has 0 saturated carbocycles. The molecule has 0 heterocycles. The summed E-state index contributed by atoms with van der Waals surface area (Å²) >= 11 is 0. The van der Waals surface area contributed by atoms with E-state index in [1.54, 1.807) is 14.1 Å². The molecule has 9 heavy (non-hydrogen) atoms. The normalized spacial score (nSPS) is 8.78. The molecule has 1 N–H and O–H groups in total. The van der Waals surface area contributed by atoms with Gasteiger partial charge in [-0.15, -0.1) is 0 Å². The summed E-state index contributed by atoms with van der Waals surface area (Å²) in [6, 6.07) is -0.0568. The van der Waals surface area contributed by atoms with Gasteiger partial charge < -0.3 is 10.2 Å². The van der Waals surface area contributed by atoms with Crippen molar-refractivity contribution in [1.82, 2.24) is 10.2 Å². The number of amides is 2. The van der Waals surface area contributed by atoms with E-state index < -0.39 is 0 Å². The molecule has 0 aliphatic heterocycles. The molecule has 3 nitrogen and oxygen atoms in total. The third-order valence-corrected chi connectivity index (χ3v) is 0.859.